The van der Waals surface area contributed by atoms with E-state index in [1.165, 1.54) is 6.07 Å². The number of hydrogen-bond acceptors (Lipinski definition) is 5. The summed E-state index contributed by atoms with van der Waals surface area (Å²) in [5, 5.41) is 2.99. The van der Waals surface area contributed by atoms with Gasteiger partial charge in [-0.15, -0.1) is 0 Å². The van der Waals surface area contributed by atoms with Crippen molar-refractivity contribution in [3.63, 3.8) is 0 Å². The average Bonchev–Trinajstić information content (AvgIpc) is 2.16. The number of H-pyrrole nitrogens is 1. The molecule has 15 heavy (non-hydrogen) atoms. The molecule has 0 aliphatic carbocycles. The fraction of sp³-hybridized carbons (Fsp3) is 0.556. The molecule has 0 bridgehead atoms. The molecule has 0 amide bonds. The van der Waals surface area contributed by atoms with E-state index in [1.54, 1.807) is 6.92 Å². The Labute approximate surface area is 87.9 Å². The van der Waals surface area contributed by atoms with Crippen LogP contribution in [0.1, 0.15) is 5.82 Å². The monoisotopic (exact) mass is 212 g/mol. The quantitative estimate of drug-likeness (QED) is 0.551. The minimum Gasteiger partial charge on any atom is -0.378 e. The summed E-state index contributed by atoms with van der Waals surface area (Å²) in [6.07, 6.45) is 0. The second-order valence-electron chi connectivity index (χ2n) is 3.04. The van der Waals surface area contributed by atoms with Gasteiger partial charge < -0.3 is 20.8 Å². The van der Waals surface area contributed by atoms with E-state index < -0.39 is 0 Å². The first-order valence-corrected chi connectivity index (χ1v) is 4.82. The maximum absolute atomic E-state index is 11.1. The molecule has 0 aromatic carbocycles. The third-order valence-electron chi connectivity index (χ3n) is 1.67. The molecule has 6 heteroatoms. The fourth-order valence-corrected chi connectivity index (χ4v) is 1.11. The summed E-state index contributed by atoms with van der Waals surface area (Å²) < 4.78 is 5.16. The molecule has 1 aromatic heterocycles. The van der Waals surface area contributed by atoms with Crippen molar-refractivity contribution in [1.82, 2.24) is 9.97 Å². The third kappa shape index (κ3) is 4.57. The molecule has 0 fully saturated rings. The predicted molar refractivity (Wildman–Crippen MR) is 58.0 cm³/mol. The van der Waals surface area contributed by atoms with Crippen molar-refractivity contribution in [2.45, 2.75) is 6.92 Å². The zero-order valence-electron chi connectivity index (χ0n) is 8.75. The van der Waals surface area contributed by atoms with Crippen LogP contribution < -0.4 is 16.6 Å². The van der Waals surface area contributed by atoms with Crippen LogP contribution in [0.3, 0.4) is 0 Å². The van der Waals surface area contributed by atoms with Gasteiger partial charge in [0.2, 0.25) is 0 Å². The molecule has 0 atom stereocenters. The van der Waals surface area contributed by atoms with Gasteiger partial charge >= 0.3 is 0 Å². The number of nitrogens with two attached hydrogens (primary N) is 1. The Kier molecular flexibility index (Phi) is 4.79. The van der Waals surface area contributed by atoms with Crippen molar-refractivity contribution in [2.24, 2.45) is 5.73 Å². The van der Waals surface area contributed by atoms with Gasteiger partial charge in [0, 0.05) is 19.2 Å². The van der Waals surface area contributed by atoms with Gasteiger partial charge in [-0.2, -0.15) is 0 Å². The molecule has 6 nitrogen and oxygen atoms in total. The number of aromatic amines is 1. The topological polar surface area (TPSA) is 93.0 Å². The van der Waals surface area contributed by atoms with E-state index in [4.69, 9.17) is 10.5 Å². The van der Waals surface area contributed by atoms with E-state index in [1.807, 2.05) is 0 Å². The van der Waals surface area contributed by atoms with Crippen molar-refractivity contribution in [3.05, 3.63) is 22.2 Å². The summed E-state index contributed by atoms with van der Waals surface area (Å²) in [6.45, 7) is 3.95. The molecule has 4 N–H and O–H groups in total. The van der Waals surface area contributed by atoms with Gasteiger partial charge in [-0.3, -0.25) is 4.79 Å². The Morgan fingerprint density at radius 2 is 2.40 bits per heavy atom. The van der Waals surface area contributed by atoms with Gasteiger partial charge in [0.1, 0.15) is 11.6 Å². The number of nitrogens with one attached hydrogen (secondary N) is 2. The Hall–Kier alpha value is -1.40. The van der Waals surface area contributed by atoms with E-state index in [9.17, 15) is 4.79 Å². The lowest BCUT2D eigenvalue weighted by Crippen LogP contribution is -2.17. The summed E-state index contributed by atoms with van der Waals surface area (Å²) in [5.74, 6) is 1.15. The minimum atomic E-state index is -0.159. The minimum absolute atomic E-state index is 0.159. The third-order valence-corrected chi connectivity index (χ3v) is 1.67. The smallest absolute Gasteiger partial charge is 0.252 e. The highest BCUT2D eigenvalue weighted by molar-refractivity contribution is 5.32. The molecule has 0 spiro atoms. The lowest BCUT2D eigenvalue weighted by atomic mass is 10.5. The summed E-state index contributed by atoms with van der Waals surface area (Å²) in [4.78, 5) is 17.7. The summed E-state index contributed by atoms with van der Waals surface area (Å²) in [5.41, 5.74) is 5.10. The summed E-state index contributed by atoms with van der Waals surface area (Å²) in [6, 6.07) is 1.41. The van der Waals surface area contributed by atoms with Crippen molar-refractivity contribution in [3.8, 4) is 0 Å². The highest BCUT2D eigenvalue weighted by atomic mass is 16.5. The van der Waals surface area contributed by atoms with E-state index in [0.717, 1.165) is 0 Å². The average molecular weight is 212 g/mol. The van der Waals surface area contributed by atoms with Crippen molar-refractivity contribution in [1.29, 1.82) is 0 Å². The molecule has 0 unspecified atom stereocenters. The Bertz CT molecular complexity index is 350. The van der Waals surface area contributed by atoms with Crippen LogP contribution in [0.4, 0.5) is 5.82 Å². The van der Waals surface area contributed by atoms with Crippen LogP contribution in [0.2, 0.25) is 0 Å². The van der Waals surface area contributed by atoms with Crippen LogP contribution in [-0.4, -0.2) is 36.3 Å². The normalized spacial score (nSPS) is 10.3. The second kappa shape index (κ2) is 6.15. The highest BCUT2D eigenvalue weighted by Gasteiger charge is 1.96. The first kappa shape index (κ1) is 11.7. The first-order valence-electron chi connectivity index (χ1n) is 4.82. The Morgan fingerprint density at radius 1 is 1.60 bits per heavy atom. The Morgan fingerprint density at radius 3 is 3.07 bits per heavy atom. The largest absolute Gasteiger partial charge is 0.378 e. The molecule has 1 heterocycles. The maximum atomic E-state index is 11.1. The van der Waals surface area contributed by atoms with Crippen LogP contribution >= 0.6 is 0 Å². The highest BCUT2D eigenvalue weighted by Crippen LogP contribution is 1.96. The van der Waals surface area contributed by atoms with Crippen LogP contribution in [-0.2, 0) is 4.74 Å². The maximum Gasteiger partial charge on any atom is 0.252 e. The van der Waals surface area contributed by atoms with Gasteiger partial charge in [-0.1, -0.05) is 0 Å². The van der Waals surface area contributed by atoms with E-state index in [2.05, 4.69) is 15.3 Å². The fourth-order valence-electron chi connectivity index (χ4n) is 1.11. The molecule has 84 valence electrons. The van der Waals surface area contributed by atoms with Crippen molar-refractivity contribution < 1.29 is 4.74 Å². The van der Waals surface area contributed by atoms with E-state index >= 15 is 0 Å². The van der Waals surface area contributed by atoms with Gasteiger partial charge in [0.05, 0.1) is 13.2 Å². The number of nitrogens with zero attached hydrogens (tertiary/aromatic N) is 1. The summed E-state index contributed by atoms with van der Waals surface area (Å²) in [7, 11) is 0. The molecule has 0 aliphatic heterocycles. The molecule has 0 radical (unpaired) electrons. The van der Waals surface area contributed by atoms with Crippen LogP contribution in [0.5, 0.6) is 0 Å². The standard InChI is InChI=1S/C9H16N4O2/c1-7-12-8(6-9(14)13-7)11-3-5-15-4-2-10/h6H,2-5,10H2,1H3,(H2,11,12,13,14). The van der Waals surface area contributed by atoms with E-state index in [0.29, 0.717) is 37.9 Å². The number of anilines is 1. The molecular weight excluding hydrogens is 196 g/mol. The van der Waals surface area contributed by atoms with Crippen molar-refractivity contribution >= 4 is 5.82 Å². The number of aryl methyl sites for hydroxylation is 1. The van der Waals surface area contributed by atoms with Crippen LogP contribution in [0.15, 0.2) is 10.9 Å². The lowest BCUT2D eigenvalue weighted by Gasteiger charge is -2.05. The molecule has 0 saturated heterocycles. The van der Waals surface area contributed by atoms with Gasteiger partial charge in [0.15, 0.2) is 0 Å². The lowest BCUT2D eigenvalue weighted by molar-refractivity contribution is 0.151. The van der Waals surface area contributed by atoms with Gasteiger partial charge in [-0.25, -0.2) is 4.98 Å². The molecule has 1 rings (SSSR count). The zero-order chi connectivity index (χ0) is 11.1. The van der Waals surface area contributed by atoms with Crippen LogP contribution in [0.25, 0.3) is 0 Å². The zero-order valence-corrected chi connectivity index (χ0v) is 8.75. The SMILES string of the molecule is Cc1nc(NCCOCCN)cc(=O)[nH]1. The molecule has 0 saturated carbocycles. The van der Waals surface area contributed by atoms with Crippen molar-refractivity contribution in [2.75, 3.05) is 31.6 Å². The number of aromatic nitrogens is 2. The molecule has 0 aliphatic rings. The number of rotatable bonds is 6. The second-order valence-corrected chi connectivity index (χ2v) is 3.04. The molecule has 1 aromatic rings. The van der Waals surface area contributed by atoms with Gasteiger partial charge in [-0.05, 0) is 6.92 Å². The number of ether oxygens (including phenoxy) is 1. The molecular formula is C9H16N4O2. The van der Waals surface area contributed by atoms with E-state index in [-0.39, 0.29) is 5.56 Å². The van der Waals surface area contributed by atoms with Gasteiger partial charge in [0.25, 0.3) is 5.56 Å². The summed E-state index contributed by atoms with van der Waals surface area (Å²) >= 11 is 0. The number of hydrogen-bond donors (Lipinski definition) is 3. The van der Waals surface area contributed by atoms with Crippen LogP contribution in [0, 0.1) is 6.92 Å². The Balaban J connectivity index is 2.34. The first-order chi connectivity index (χ1) is 7.22. The predicted octanol–water partition coefficient (Wildman–Crippen LogP) is -0.534.